The van der Waals surface area contributed by atoms with Gasteiger partial charge in [-0.3, -0.25) is 0 Å². The van der Waals surface area contributed by atoms with Crippen molar-refractivity contribution in [3.63, 3.8) is 0 Å². The summed E-state index contributed by atoms with van der Waals surface area (Å²) in [4.78, 5) is 12.1. The molecule has 0 atom stereocenters. The maximum Gasteiger partial charge on any atom is 0.337 e. The van der Waals surface area contributed by atoms with E-state index in [0.717, 1.165) is 5.56 Å². The van der Waals surface area contributed by atoms with Gasteiger partial charge in [0.1, 0.15) is 12.4 Å². The van der Waals surface area contributed by atoms with E-state index in [0.29, 0.717) is 33.7 Å². The number of carbonyl (C=O) groups excluding carboxylic acids is 1. The first-order chi connectivity index (χ1) is 9.99. The van der Waals surface area contributed by atoms with Gasteiger partial charge < -0.3 is 20.1 Å². The number of ether oxygens (including phenoxy) is 2. The van der Waals surface area contributed by atoms with Crippen molar-refractivity contribution < 1.29 is 14.3 Å². The first-order valence-corrected chi connectivity index (χ1v) is 7.03. The Labute approximate surface area is 133 Å². The summed E-state index contributed by atoms with van der Waals surface area (Å²) in [6.07, 6.45) is 0. The SMILES string of the molecule is COc1cc(Cl)cc(COC(=O)C2=C(C)NC(=S)NC2)c1. The number of hydrogen-bond donors (Lipinski definition) is 2. The van der Waals surface area contributed by atoms with Crippen LogP contribution in [-0.4, -0.2) is 24.7 Å². The zero-order valence-corrected chi connectivity index (χ0v) is 13.2. The van der Waals surface area contributed by atoms with Gasteiger partial charge in [-0.25, -0.2) is 4.79 Å². The van der Waals surface area contributed by atoms with E-state index in [-0.39, 0.29) is 6.61 Å². The third-order valence-electron chi connectivity index (χ3n) is 2.96. The predicted molar refractivity (Wildman–Crippen MR) is 84.2 cm³/mol. The molecule has 0 radical (unpaired) electrons. The second-order valence-corrected chi connectivity index (χ2v) is 5.33. The third-order valence-corrected chi connectivity index (χ3v) is 3.43. The van der Waals surface area contributed by atoms with Gasteiger partial charge in [0.2, 0.25) is 0 Å². The quantitative estimate of drug-likeness (QED) is 0.653. The van der Waals surface area contributed by atoms with E-state index in [1.807, 2.05) is 0 Å². The Hall–Kier alpha value is -1.79. The molecule has 0 amide bonds. The van der Waals surface area contributed by atoms with Crippen LogP contribution in [0.25, 0.3) is 0 Å². The average molecular weight is 327 g/mol. The lowest BCUT2D eigenvalue weighted by molar-refractivity contribution is -0.140. The van der Waals surface area contributed by atoms with Gasteiger partial charge in [0, 0.05) is 10.7 Å². The second-order valence-electron chi connectivity index (χ2n) is 4.49. The number of rotatable bonds is 4. The van der Waals surface area contributed by atoms with Crippen molar-refractivity contribution in [3.05, 3.63) is 40.1 Å². The van der Waals surface area contributed by atoms with E-state index in [1.165, 1.54) is 0 Å². The van der Waals surface area contributed by atoms with Crippen molar-refractivity contribution in [2.75, 3.05) is 13.7 Å². The molecule has 1 aliphatic heterocycles. The summed E-state index contributed by atoms with van der Waals surface area (Å²) in [7, 11) is 1.55. The molecule has 0 saturated heterocycles. The monoisotopic (exact) mass is 326 g/mol. The molecule has 0 aromatic heterocycles. The highest BCUT2D eigenvalue weighted by Crippen LogP contribution is 2.21. The van der Waals surface area contributed by atoms with Crippen LogP contribution < -0.4 is 15.4 Å². The summed E-state index contributed by atoms with van der Waals surface area (Å²) in [6, 6.07) is 5.19. The second kappa shape index (κ2) is 6.78. The van der Waals surface area contributed by atoms with E-state index in [9.17, 15) is 4.79 Å². The molecule has 0 spiro atoms. The van der Waals surface area contributed by atoms with Crippen LogP contribution in [0.1, 0.15) is 12.5 Å². The van der Waals surface area contributed by atoms with Crippen molar-refractivity contribution in [3.8, 4) is 5.75 Å². The molecule has 1 aliphatic rings. The Balaban J connectivity index is 2.03. The number of hydrogen-bond acceptors (Lipinski definition) is 4. The summed E-state index contributed by atoms with van der Waals surface area (Å²) in [5.74, 6) is 0.226. The van der Waals surface area contributed by atoms with Crippen LogP contribution in [0.4, 0.5) is 0 Å². The maximum absolute atomic E-state index is 12.1. The fourth-order valence-electron chi connectivity index (χ4n) is 1.87. The number of esters is 1. The molecule has 21 heavy (non-hydrogen) atoms. The third kappa shape index (κ3) is 4.09. The van der Waals surface area contributed by atoms with Crippen molar-refractivity contribution in [1.29, 1.82) is 0 Å². The van der Waals surface area contributed by atoms with Crippen molar-refractivity contribution in [2.24, 2.45) is 0 Å². The summed E-state index contributed by atoms with van der Waals surface area (Å²) in [6.45, 7) is 2.26. The number of nitrogens with one attached hydrogen (secondary N) is 2. The van der Waals surface area contributed by atoms with E-state index < -0.39 is 5.97 Å². The molecule has 0 saturated carbocycles. The summed E-state index contributed by atoms with van der Waals surface area (Å²) < 4.78 is 10.4. The van der Waals surface area contributed by atoms with Gasteiger partial charge in [0.15, 0.2) is 5.11 Å². The molecule has 0 unspecified atom stereocenters. The Morgan fingerprint density at radius 1 is 1.43 bits per heavy atom. The molecule has 1 heterocycles. The number of halogens is 1. The summed E-state index contributed by atoms with van der Waals surface area (Å²) in [5.41, 5.74) is 1.99. The highest BCUT2D eigenvalue weighted by atomic mass is 35.5. The smallest absolute Gasteiger partial charge is 0.337 e. The minimum absolute atomic E-state index is 0.122. The van der Waals surface area contributed by atoms with Crippen molar-refractivity contribution in [1.82, 2.24) is 10.6 Å². The molecule has 0 fully saturated rings. The molecule has 5 nitrogen and oxygen atoms in total. The lowest BCUT2D eigenvalue weighted by atomic mass is 10.2. The number of methoxy groups -OCH3 is 1. The molecule has 0 aliphatic carbocycles. The Morgan fingerprint density at radius 2 is 2.19 bits per heavy atom. The van der Waals surface area contributed by atoms with Gasteiger partial charge in [-0.05, 0) is 42.9 Å². The molecule has 1 aromatic rings. The minimum atomic E-state index is -0.394. The van der Waals surface area contributed by atoms with Gasteiger partial charge in [-0.15, -0.1) is 0 Å². The number of benzene rings is 1. The molecule has 112 valence electrons. The summed E-state index contributed by atoms with van der Waals surface area (Å²) in [5, 5.41) is 6.82. The number of allylic oxidation sites excluding steroid dienone is 1. The highest BCUT2D eigenvalue weighted by molar-refractivity contribution is 7.80. The average Bonchev–Trinajstić information content (AvgIpc) is 2.44. The van der Waals surface area contributed by atoms with Gasteiger partial charge >= 0.3 is 5.97 Å². The lowest BCUT2D eigenvalue weighted by Gasteiger charge is -2.20. The van der Waals surface area contributed by atoms with Crippen LogP contribution >= 0.6 is 23.8 Å². The van der Waals surface area contributed by atoms with E-state index in [4.69, 9.17) is 33.3 Å². The largest absolute Gasteiger partial charge is 0.497 e. The van der Waals surface area contributed by atoms with Crippen LogP contribution in [0.15, 0.2) is 29.5 Å². The molecule has 7 heteroatoms. The molecular weight excluding hydrogens is 312 g/mol. The topological polar surface area (TPSA) is 59.6 Å². The fraction of sp³-hybridized carbons (Fsp3) is 0.286. The zero-order valence-electron chi connectivity index (χ0n) is 11.7. The first-order valence-electron chi connectivity index (χ1n) is 6.25. The summed E-state index contributed by atoms with van der Waals surface area (Å²) >= 11 is 10.9. The van der Waals surface area contributed by atoms with Crippen LogP contribution in [-0.2, 0) is 16.1 Å². The lowest BCUT2D eigenvalue weighted by Crippen LogP contribution is -2.42. The van der Waals surface area contributed by atoms with Crippen LogP contribution in [0, 0.1) is 0 Å². The predicted octanol–water partition coefficient (Wildman–Crippen LogP) is 2.14. The molecule has 0 bridgehead atoms. The maximum atomic E-state index is 12.1. The fourth-order valence-corrected chi connectivity index (χ4v) is 2.35. The normalized spacial score (nSPS) is 14.3. The minimum Gasteiger partial charge on any atom is -0.497 e. The zero-order chi connectivity index (χ0) is 15.4. The van der Waals surface area contributed by atoms with Gasteiger partial charge in [0.05, 0.1) is 19.2 Å². The van der Waals surface area contributed by atoms with E-state index in [2.05, 4.69) is 10.6 Å². The van der Waals surface area contributed by atoms with Crippen molar-refractivity contribution in [2.45, 2.75) is 13.5 Å². The Bertz CT molecular complexity index is 616. The molecule has 1 aromatic carbocycles. The first kappa shape index (κ1) is 15.6. The Morgan fingerprint density at radius 3 is 2.86 bits per heavy atom. The van der Waals surface area contributed by atoms with Gasteiger partial charge in [-0.2, -0.15) is 0 Å². The van der Waals surface area contributed by atoms with Crippen LogP contribution in [0.2, 0.25) is 5.02 Å². The highest BCUT2D eigenvalue weighted by Gasteiger charge is 2.19. The van der Waals surface area contributed by atoms with E-state index in [1.54, 1.807) is 32.2 Å². The number of carbonyl (C=O) groups is 1. The van der Waals surface area contributed by atoms with Crippen molar-refractivity contribution >= 4 is 34.9 Å². The number of thiocarbonyl (C=S) groups is 1. The molecule has 2 rings (SSSR count). The van der Waals surface area contributed by atoms with Gasteiger partial charge in [-0.1, -0.05) is 11.6 Å². The van der Waals surface area contributed by atoms with Gasteiger partial charge in [0.25, 0.3) is 0 Å². The van der Waals surface area contributed by atoms with Crippen LogP contribution in [0.5, 0.6) is 5.75 Å². The Kier molecular flexibility index (Phi) is 5.03. The van der Waals surface area contributed by atoms with E-state index >= 15 is 0 Å². The molecular formula is C14H15ClN2O3S. The van der Waals surface area contributed by atoms with Crippen LogP contribution in [0.3, 0.4) is 0 Å². The standard InChI is InChI=1S/C14H15ClN2O3S/c1-8-12(6-16-14(21)17-8)13(18)20-7-9-3-10(15)5-11(4-9)19-2/h3-5H,6-7H2,1-2H3,(H2,16,17,21). The molecule has 2 N–H and O–H groups in total.